The van der Waals surface area contributed by atoms with Crippen molar-refractivity contribution >= 4 is 28.2 Å². The van der Waals surface area contributed by atoms with Crippen molar-refractivity contribution in [2.24, 2.45) is 0 Å². The molecule has 0 spiro atoms. The van der Waals surface area contributed by atoms with E-state index >= 15 is 0 Å². The molecule has 3 rings (SSSR count). The zero-order valence-corrected chi connectivity index (χ0v) is 15.9. The number of fused-ring (bicyclic) bond motifs is 1. The second kappa shape index (κ2) is 8.43. The van der Waals surface area contributed by atoms with Gasteiger partial charge in [-0.1, -0.05) is 36.4 Å². The highest BCUT2D eigenvalue weighted by Gasteiger charge is 2.21. The molecule has 0 aliphatic rings. The Labute approximate surface area is 166 Å². The number of carbonyl (C=O) groups is 2. The molecule has 1 heterocycles. The van der Waals surface area contributed by atoms with Crippen LogP contribution in [-0.2, 0) is 4.74 Å². The SMILES string of the molecule is CCOC(=O)c1cc(O)c(C(=O)/C=C(\C)Nc2cccc3ccccc23)c(=O)o1. The Morgan fingerprint density at radius 2 is 1.90 bits per heavy atom. The molecule has 0 aliphatic carbocycles. The van der Waals surface area contributed by atoms with Crippen LogP contribution in [0.15, 0.2) is 69.5 Å². The van der Waals surface area contributed by atoms with Gasteiger partial charge in [-0.25, -0.2) is 9.59 Å². The third-order valence-corrected chi connectivity index (χ3v) is 4.12. The number of allylic oxidation sites excluding steroid dienone is 2. The highest BCUT2D eigenvalue weighted by Crippen LogP contribution is 2.24. The van der Waals surface area contributed by atoms with Crippen molar-refractivity contribution in [3.63, 3.8) is 0 Å². The second-order valence-electron chi connectivity index (χ2n) is 6.22. The van der Waals surface area contributed by atoms with Gasteiger partial charge in [0.05, 0.1) is 6.61 Å². The van der Waals surface area contributed by atoms with E-state index in [2.05, 4.69) is 5.32 Å². The lowest BCUT2D eigenvalue weighted by atomic mass is 10.1. The maximum atomic E-state index is 12.5. The van der Waals surface area contributed by atoms with Crippen molar-refractivity contribution in [2.75, 3.05) is 11.9 Å². The molecule has 0 fully saturated rings. The molecule has 0 saturated carbocycles. The fourth-order valence-corrected chi connectivity index (χ4v) is 2.86. The Hall–Kier alpha value is -3.87. The second-order valence-corrected chi connectivity index (χ2v) is 6.22. The van der Waals surface area contributed by atoms with Crippen LogP contribution in [0.5, 0.6) is 5.75 Å². The van der Waals surface area contributed by atoms with Gasteiger partial charge < -0.3 is 19.6 Å². The van der Waals surface area contributed by atoms with Crippen molar-refractivity contribution in [2.45, 2.75) is 13.8 Å². The highest BCUT2D eigenvalue weighted by atomic mass is 16.5. The molecule has 0 saturated heterocycles. The molecule has 7 nitrogen and oxygen atoms in total. The molecule has 0 radical (unpaired) electrons. The van der Waals surface area contributed by atoms with Gasteiger partial charge in [-0.15, -0.1) is 0 Å². The number of esters is 1. The lowest BCUT2D eigenvalue weighted by Gasteiger charge is -2.10. The molecule has 0 amide bonds. The number of aromatic hydroxyl groups is 1. The molecule has 29 heavy (non-hydrogen) atoms. The number of rotatable bonds is 6. The van der Waals surface area contributed by atoms with Crippen LogP contribution in [0.4, 0.5) is 5.69 Å². The number of carbonyl (C=O) groups excluding carboxylic acids is 2. The molecular weight excluding hydrogens is 374 g/mol. The molecule has 1 aromatic heterocycles. The lowest BCUT2D eigenvalue weighted by Crippen LogP contribution is -2.17. The molecule has 0 unspecified atom stereocenters. The standard InChI is InChI=1S/C22H19NO6/c1-3-28-21(26)19-12-18(25)20(22(27)29-19)17(24)11-13(2)23-16-10-6-8-14-7-4-5-9-15(14)16/h4-12,23,25H,3H2,1-2H3/b13-11+. The molecule has 2 N–H and O–H groups in total. The molecule has 2 aromatic carbocycles. The summed E-state index contributed by atoms with van der Waals surface area (Å²) in [6.45, 7) is 3.32. The van der Waals surface area contributed by atoms with Crippen LogP contribution in [0.25, 0.3) is 10.8 Å². The quantitative estimate of drug-likeness (QED) is 0.372. The smallest absolute Gasteiger partial charge is 0.374 e. The molecule has 3 aromatic rings. The summed E-state index contributed by atoms with van der Waals surface area (Å²) in [6, 6.07) is 14.4. The zero-order chi connectivity index (χ0) is 21.0. The Kier molecular flexibility index (Phi) is 5.78. The van der Waals surface area contributed by atoms with Crippen molar-refractivity contribution < 1.29 is 23.8 Å². The van der Waals surface area contributed by atoms with Crippen molar-refractivity contribution in [1.29, 1.82) is 0 Å². The van der Waals surface area contributed by atoms with Gasteiger partial charge >= 0.3 is 11.6 Å². The van der Waals surface area contributed by atoms with Gasteiger partial charge in [0.2, 0.25) is 5.76 Å². The summed E-state index contributed by atoms with van der Waals surface area (Å²) < 4.78 is 9.54. The van der Waals surface area contributed by atoms with E-state index in [1.807, 2.05) is 42.5 Å². The Bertz CT molecular complexity index is 1170. The van der Waals surface area contributed by atoms with Gasteiger partial charge in [0.1, 0.15) is 11.3 Å². The Morgan fingerprint density at radius 1 is 1.17 bits per heavy atom. The molecule has 148 valence electrons. The minimum absolute atomic E-state index is 0.0752. The third-order valence-electron chi connectivity index (χ3n) is 4.12. The maximum Gasteiger partial charge on any atom is 0.374 e. The fraction of sp³-hybridized carbons (Fsp3) is 0.136. The number of benzene rings is 2. The van der Waals surface area contributed by atoms with Crippen LogP contribution in [0.2, 0.25) is 0 Å². The van der Waals surface area contributed by atoms with E-state index in [4.69, 9.17) is 9.15 Å². The van der Waals surface area contributed by atoms with Gasteiger partial charge in [0.25, 0.3) is 0 Å². The van der Waals surface area contributed by atoms with Crippen molar-refractivity contribution in [1.82, 2.24) is 0 Å². The van der Waals surface area contributed by atoms with Crippen LogP contribution < -0.4 is 10.9 Å². The van der Waals surface area contributed by atoms with E-state index in [9.17, 15) is 19.5 Å². The normalized spacial score (nSPS) is 11.3. The van der Waals surface area contributed by atoms with E-state index < -0.39 is 34.5 Å². The number of hydrogen-bond donors (Lipinski definition) is 2. The highest BCUT2D eigenvalue weighted by molar-refractivity contribution is 6.07. The number of ketones is 1. The molecular formula is C22H19NO6. The minimum Gasteiger partial charge on any atom is -0.507 e. The largest absolute Gasteiger partial charge is 0.507 e. The maximum absolute atomic E-state index is 12.5. The predicted molar refractivity (Wildman–Crippen MR) is 108 cm³/mol. The van der Waals surface area contributed by atoms with E-state index in [1.54, 1.807) is 13.8 Å². The van der Waals surface area contributed by atoms with Gasteiger partial charge in [-0.3, -0.25) is 4.79 Å². The summed E-state index contributed by atoms with van der Waals surface area (Å²) >= 11 is 0. The third kappa shape index (κ3) is 4.35. The van der Waals surface area contributed by atoms with E-state index in [0.29, 0.717) is 5.70 Å². The van der Waals surface area contributed by atoms with E-state index in [0.717, 1.165) is 22.5 Å². The van der Waals surface area contributed by atoms with Gasteiger partial charge in [0.15, 0.2) is 5.78 Å². The first-order chi connectivity index (χ1) is 13.9. The van der Waals surface area contributed by atoms with Crippen LogP contribution >= 0.6 is 0 Å². The molecule has 7 heteroatoms. The summed E-state index contributed by atoms with van der Waals surface area (Å²) in [4.78, 5) is 36.3. The Balaban J connectivity index is 1.88. The summed E-state index contributed by atoms with van der Waals surface area (Å²) in [5, 5.41) is 15.2. The number of ether oxygens (including phenoxy) is 1. The summed E-state index contributed by atoms with van der Waals surface area (Å²) in [5.74, 6) is -2.77. The number of nitrogens with one attached hydrogen (secondary N) is 1. The first kappa shape index (κ1) is 19.9. The topological polar surface area (TPSA) is 106 Å². The van der Waals surface area contributed by atoms with Crippen LogP contribution in [-0.4, -0.2) is 23.5 Å². The fourth-order valence-electron chi connectivity index (χ4n) is 2.86. The van der Waals surface area contributed by atoms with Gasteiger partial charge in [-0.2, -0.15) is 0 Å². The molecule has 0 atom stereocenters. The number of hydrogen-bond acceptors (Lipinski definition) is 7. The summed E-state index contributed by atoms with van der Waals surface area (Å²) in [6.07, 6.45) is 1.18. The van der Waals surface area contributed by atoms with E-state index in [-0.39, 0.29) is 6.61 Å². The monoisotopic (exact) mass is 393 g/mol. The van der Waals surface area contributed by atoms with Crippen molar-refractivity contribution in [3.05, 3.63) is 82.0 Å². The molecule has 0 aliphatic heterocycles. The zero-order valence-electron chi connectivity index (χ0n) is 15.9. The lowest BCUT2D eigenvalue weighted by molar-refractivity contribution is 0.0482. The average Bonchev–Trinajstić information content (AvgIpc) is 2.67. The van der Waals surface area contributed by atoms with Crippen LogP contribution in [0.1, 0.15) is 34.8 Å². The van der Waals surface area contributed by atoms with Crippen molar-refractivity contribution in [3.8, 4) is 5.75 Å². The van der Waals surface area contributed by atoms with E-state index in [1.165, 1.54) is 6.08 Å². The minimum atomic E-state index is -1.12. The Morgan fingerprint density at radius 3 is 2.62 bits per heavy atom. The first-order valence-corrected chi connectivity index (χ1v) is 8.92. The summed E-state index contributed by atoms with van der Waals surface area (Å²) in [7, 11) is 0. The predicted octanol–water partition coefficient (Wildman–Crippen LogP) is 3.87. The van der Waals surface area contributed by atoms with Gasteiger partial charge in [0, 0.05) is 28.9 Å². The molecule has 0 bridgehead atoms. The average molecular weight is 393 g/mol. The summed E-state index contributed by atoms with van der Waals surface area (Å²) in [5.41, 5.74) is -0.428. The van der Waals surface area contributed by atoms with Crippen LogP contribution in [0.3, 0.4) is 0 Å². The first-order valence-electron chi connectivity index (χ1n) is 8.92. The van der Waals surface area contributed by atoms with Crippen LogP contribution in [0, 0.1) is 0 Å². The number of anilines is 1. The van der Waals surface area contributed by atoms with Gasteiger partial charge in [-0.05, 0) is 25.3 Å².